The van der Waals surface area contributed by atoms with E-state index in [1.165, 1.54) is 24.1 Å². The topological polar surface area (TPSA) is 57.0 Å². The highest BCUT2D eigenvalue weighted by atomic mass is 35.5. The first-order valence-electron chi connectivity index (χ1n) is 5.03. The molecule has 0 N–H and O–H groups in total. The number of halogens is 2. The van der Waals surface area contributed by atoms with Crippen molar-refractivity contribution in [2.24, 2.45) is 0 Å². The second kappa shape index (κ2) is 5.14. The summed E-state index contributed by atoms with van der Waals surface area (Å²) in [4.78, 5) is 11.2. The monoisotopic (exact) mass is 269 g/mol. The van der Waals surface area contributed by atoms with Crippen molar-refractivity contribution in [1.29, 1.82) is 0 Å². The van der Waals surface area contributed by atoms with Crippen LogP contribution >= 0.6 is 11.6 Å². The van der Waals surface area contributed by atoms with Crippen molar-refractivity contribution < 1.29 is 13.9 Å². The number of aromatic nitrogens is 3. The molecule has 0 atom stereocenters. The molecule has 2 rings (SSSR count). The number of carbonyl (C=O) groups is 1. The first-order valence-corrected chi connectivity index (χ1v) is 5.41. The van der Waals surface area contributed by atoms with Crippen LogP contribution in [0.5, 0.6) is 0 Å². The van der Waals surface area contributed by atoms with E-state index in [1.807, 2.05) is 0 Å². The van der Waals surface area contributed by atoms with Gasteiger partial charge in [-0.3, -0.25) is 0 Å². The minimum atomic E-state index is -0.577. The second-order valence-corrected chi connectivity index (χ2v) is 3.88. The molecular formula is C11H9ClFN3O2. The van der Waals surface area contributed by atoms with Crippen LogP contribution < -0.4 is 0 Å². The number of rotatable bonds is 3. The van der Waals surface area contributed by atoms with Gasteiger partial charge in [-0.25, -0.2) is 13.9 Å². The zero-order valence-corrected chi connectivity index (χ0v) is 10.2. The standard InChI is InChI=1S/C11H9ClFN3O2/c1-18-11(17)9-6-16(15-14-9)5-7-3-2-4-8(13)10(7)12/h2-4,6H,5H2,1H3. The Labute approximate surface area is 107 Å². The number of benzene rings is 1. The van der Waals surface area contributed by atoms with Gasteiger partial charge in [0.05, 0.1) is 24.9 Å². The maximum Gasteiger partial charge on any atom is 0.360 e. The van der Waals surface area contributed by atoms with Crippen LogP contribution in [0.15, 0.2) is 24.4 Å². The van der Waals surface area contributed by atoms with Gasteiger partial charge in [-0.1, -0.05) is 28.9 Å². The Hall–Kier alpha value is -1.95. The summed E-state index contributed by atoms with van der Waals surface area (Å²) in [6, 6.07) is 4.49. The van der Waals surface area contributed by atoms with Crippen molar-refractivity contribution in [3.63, 3.8) is 0 Å². The summed E-state index contributed by atoms with van der Waals surface area (Å²) >= 11 is 5.81. The van der Waals surface area contributed by atoms with E-state index in [2.05, 4.69) is 15.0 Å². The van der Waals surface area contributed by atoms with E-state index < -0.39 is 11.8 Å². The van der Waals surface area contributed by atoms with E-state index in [0.717, 1.165) is 0 Å². The first kappa shape index (κ1) is 12.5. The molecule has 94 valence electrons. The molecule has 0 amide bonds. The minimum Gasteiger partial charge on any atom is -0.464 e. The summed E-state index contributed by atoms with van der Waals surface area (Å²) in [5, 5.41) is 7.41. The predicted octanol–water partition coefficient (Wildman–Crippen LogP) is 1.91. The van der Waals surface area contributed by atoms with Gasteiger partial charge >= 0.3 is 5.97 Å². The quantitative estimate of drug-likeness (QED) is 0.799. The van der Waals surface area contributed by atoms with E-state index in [4.69, 9.17) is 11.6 Å². The molecule has 7 heteroatoms. The van der Waals surface area contributed by atoms with Crippen LogP contribution in [-0.4, -0.2) is 28.1 Å². The number of carbonyl (C=O) groups excluding carboxylic acids is 1. The average molecular weight is 270 g/mol. The molecule has 1 aromatic heterocycles. The molecule has 1 aromatic carbocycles. The molecule has 5 nitrogen and oxygen atoms in total. The molecule has 0 radical (unpaired) electrons. The fraction of sp³-hybridized carbons (Fsp3) is 0.182. The zero-order valence-electron chi connectivity index (χ0n) is 9.43. The van der Waals surface area contributed by atoms with Crippen molar-refractivity contribution in [1.82, 2.24) is 15.0 Å². The van der Waals surface area contributed by atoms with Gasteiger partial charge in [-0.05, 0) is 11.6 Å². The maximum atomic E-state index is 13.2. The average Bonchev–Trinajstić information content (AvgIpc) is 2.82. The summed E-state index contributed by atoms with van der Waals surface area (Å²) in [5.74, 6) is -1.07. The smallest absolute Gasteiger partial charge is 0.360 e. The van der Waals surface area contributed by atoms with Crippen LogP contribution in [-0.2, 0) is 11.3 Å². The highest BCUT2D eigenvalue weighted by Gasteiger charge is 2.12. The summed E-state index contributed by atoms with van der Waals surface area (Å²) in [5.41, 5.74) is 0.642. The van der Waals surface area contributed by atoms with Gasteiger partial charge in [0.1, 0.15) is 5.82 Å². The van der Waals surface area contributed by atoms with Crippen molar-refractivity contribution in [3.8, 4) is 0 Å². The Morgan fingerprint density at radius 3 is 3.06 bits per heavy atom. The van der Waals surface area contributed by atoms with E-state index in [0.29, 0.717) is 5.56 Å². The van der Waals surface area contributed by atoms with Crippen LogP contribution in [0.2, 0.25) is 5.02 Å². The lowest BCUT2D eigenvalue weighted by Crippen LogP contribution is -2.02. The molecule has 0 aliphatic carbocycles. The van der Waals surface area contributed by atoms with E-state index >= 15 is 0 Å². The lowest BCUT2D eigenvalue weighted by atomic mass is 10.2. The van der Waals surface area contributed by atoms with E-state index in [-0.39, 0.29) is 17.3 Å². The van der Waals surface area contributed by atoms with Gasteiger partial charge in [0, 0.05) is 0 Å². The molecule has 18 heavy (non-hydrogen) atoms. The molecule has 0 fully saturated rings. The highest BCUT2D eigenvalue weighted by molar-refractivity contribution is 6.31. The minimum absolute atomic E-state index is 0.0348. The van der Waals surface area contributed by atoms with Crippen molar-refractivity contribution >= 4 is 17.6 Å². The molecule has 1 heterocycles. The normalized spacial score (nSPS) is 10.4. The lowest BCUT2D eigenvalue weighted by Gasteiger charge is -2.04. The highest BCUT2D eigenvalue weighted by Crippen LogP contribution is 2.20. The largest absolute Gasteiger partial charge is 0.464 e. The number of methoxy groups -OCH3 is 1. The second-order valence-electron chi connectivity index (χ2n) is 3.51. The SMILES string of the molecule is COC(=O)c1cn(Cc2cccc(F)c2Cl)nn1. The zero-order chi connectivity index (χ0) is 13.1. The lowest BCUT2D eigenvalue weighted by molar-refractivity contribution is 0.0594. The Kier molecular flexibility index (Phi) is 3.57. The molecule has 0 aliphatic rings. The summed E-state index contributed by atoms with van der Waals surface area (Å²) in [6.07, 6.45) is 1.41. The molecule has 0 bridgehead atoms. The van der Waals surface area contributed by atoms with E-state index in [9.17, 15) is 9.18 Å². The van der Waals surface area contributed by atoms with Gasteiger partial charge < -0.3 is 4.74 Å². The van der Waals surface area contributed by atoms with Gasteiger partial charge in [0.25, 0.3) is 0 Å². The molecule has 0 saturated heterocycles. The van der Waals surface area contributed by atoms with Crippen molar-refractivity contribution in [2.75, 3.05) is 7.11 Å². The summed E-state index contributed by atoms with van der Waals surface area (Å²) < 4.78 is 19.1. The fourth-order valence-electron chi connectivity index (χ4n) is 1.42. The Balaban J connectivity index is 2.21. The van der Waals surface area contributed by atoms with Crippen LogP contribution in [0.1, 0.15) is 16.1 Å². The van der Waals surface area contributed by atoms with Crippen molar-refractivity contribution in [3.05, 3.63) is 46.5 Å². The predicted molar refractivity (Wildman–Crippen MR) is 61.9 cm³/mol. The summed E-state index contributed by atoms with van der Waals surface area (Å²) in [6.45, 7) is 0.223. The summed E-state index contributed by atoms with van der Waals surface area (Å²) in [7, 11) is 1.25. The van der Waals surface area contributed by atoms with Crippen molar-refractivity contribution in [2.45, 2.75) is 6.54 Å². The third-order valence-electron chi connectivity index (χ3n) is 2.30. The molecule has 0 unspecified atom stereocenters. The third-order valence-corrected chi connectivity index (χ3v) is 2.72. The van der Waals surface area contributed by atoms with Gasteiger partial charge in [0.15, 0.2) is 5.69 Å². The molecule has 0 saturated carbocycles. The maximum absolute atomic E-state index is 13.2. The fourth-order valence-corrected chi connectivity index (χ4v) is 1.60. The van der Waals surface area contributed by atoms with Crippen LogP contribution in [0.3, 0.4) is 0 Å². The van der Waals surface area contributed by atoms with Crippen LogP contribution in [0.25, 0.3) is 0 Å². The van der Waals surface area contributed by atoms with Crippen LogP contribution in [0, 0.1) is 5.82 Å². The Morgan fingerprint density at radius 2 is 2.33 bits per heavy atom. The van der Waals surface area contributed by atoms with Gasteiger partial charge in [-0.15, -0.1) is 5.10 Å². The van der Waals surface area contributed by atoms with Gasteiger partial charge in [0.2, 0.25) is 0 Å². The molecule has 2 aromatic rings. The van der Waals surface area contributed by atoms with Crippen LogP contribution in [0.4, 0.5) is 4.39 Å². The molecule has 0 aliphatic heterocycles. The Bertz CT molecular complexity index is 585. The van der Waals surface area contributed by atoms with Gasteiger partial charge in [-0.2, -0.15) is 0 Å². The number of hydrogen-bond acceptors (Lipinski definition) is 4. The molecule has 0 spiro atoms. The number of esters is 1. The third kappa shape index (κ3) is 2.48. The van der Waals surface area contributed by atoms with E-state index in [1.54, 1.807) is 12.1 Å². The number of nitrogens with zero attached hydrogens (tertiary/aromatic N) is 3. The molecular weight excluding hydrogens is 261 g/mol. The number of ether oxygens (including phenoxy) is 1. The number of hydrogen-bond donors (Lipinski definition) is 0. The first-order chi connectivity index (χ1) is 8.61. The Morgan fingerprint density at radius 1 is 1.56 bits per heavy atom.